The molecule has 1 fully saturated rings. The van der Waals surface area contributed by atoms with Crippen LogP contribution in [0.2, 0.25) is 0 Å². The fourth-order valence-electron chi connectivity index (χ4n) is 3.01. The predicted octanol–water partition coefficient (Wildman–Crippen LogP) is 3.11. The van der Waals surface area contributed by atoms with E-state index in [1.54, 1.807) is 0 Å². The number of rotatable bonds is 3. The van der Waals surface area contributed by atoms with E-state index in [2.05, 4.69) is 15.5 Å². The highest BCUT2D eigenvalue weighted by molar-refractivity contribution is 5.68. The number of aliphatic hydroxyl groups is 1. The van der Waals surface area contributed by atoms with E-state index in [4.69, 9.17) is 9.26 Å². The molecule has 2 N–H and O–H groups in total. The summed E-state index contributed by atoms with van der Waals surface area (Å²) in [5, 5.41) is 17.8. The number of ether oxygens (including phenoxy) is 1. The number of hydrogen-bond donors (Lipinski definition) is 2. The Kier molecular flexibility index (Phi) is 5.47. The molecule has 1 aromatic heterocycles. The number of hydrogen-bond acceptors (Lipinski definition) is 6. The summed E-state index contributed by atoms with van der Waals surface area (Å²) in [5.74, 6) is 1.07. The van der Waals surface area contributed by atoms with Gasteiger partial charge in [0.15, 0.2) is 5.82 Å². The first-order chi connectivity index (χ1) is 11.4. The van der Waals surface area contributed by atoms with Crippen LogP contribution in [0.25, 0.3) is 0 Å². The maximum atomic E-state index is 12.0. The van der Waals surface area contributed by atoms with E-state index in [0.717, 1.165) is 12.8 Å². The first kappa shape index (κ1) is 19.7. The summed E-state index contributed by atoms with van der Waals surface area (Å²) in [6, 6.07) is -0.126. The monoisotopic (exact) mass is 353 g/mol. The highest BCUT2D eigenvalue weighted by Gasteiger charge is 2.37. The molecule has 25 heavy (non-hydrogen) atoms. The number of nitrogens with zero attached hydrogens (tertiary/aromatic N) is 2. The lowest BCUT2D eigenvalue weighted by Gasteiger charge is -2.36. The van der Waals surface area contributed by atoms with Crippen molar-refractivity contribution < 1.29 is 19.2 Å². The molecule has 1 saturated carbocycles. The maximum absolute atomic E-state index is 12.0. The molecule has 0 bridgehead atoms. The van der Waals surface area contributed by atoms with Crippen molar-refractivity contribution in [3.63, 3.8) is 0 Å². The molecule has 142 valence electrons. The van der Waals surface area contributed by atoms with Gasteiger partial charge in [-0.05, 0) is 46.5 Å². The standard InChI is InChI=1S/C18H31N3O4/c1-16(2,3)14-20-13(25-21-14)11-18(23)9-7-8-12(10-18)19-15(22)24-17(4,5)6/h12,23H,7-11H2,1-6H3,(H,19,22)/t12-,18+/m0/s1. The third-order valence-corrected chi connectivity index (χ3v) is 4.16. The number of nitrogens with one attached hydrogen (secondary N) is 1. The van der Waals surface area contributed by atoms with Gasteiger partial charge < -0.3 is 19.7 Å². The lowest BCUT2D eigenvalue weighted by Crippen LogP contribution is -2.48. The third kappa shape index (κ3) is 5.99. The minimum absolute atomic E-state index is 0.126. The molecular weight excluding hydrogens is 322 g/mol. The molecular formula is C18H31N3O4. The van der Waals surface area contributed by atoms with E-state index >= 15 is 0 Å². The lowest BCUT2D eigenvalue weighted by molar-refractivity contribution is -0.0149. The van der Waals surface area contributed by atoms with Crippen LogP contribution in [0.5, 0.6) is 0 Å². The topological polar surface area (TPSA) is 97.5 Å². The molecule has 0 aromatic carbocycles. The molecule has 0 radical (unpaired) electrons. The van der Waals surface area contributed by atoms with Gasteiger partial charge in [0.1, 0.15) is 5.60 Å². The molecule has 0 unspecified atom stereocenters. The van der Waals surface area contributed by atoms with Gasteiger partial charge in [0.25, 0.3) is 0 Å². The van der Waals surface area contributed by atoms with Gasteiger partial charge in [0.05, 0.1) is 12.0 Å². The zero-order valence-corrected chi connectivity index (χ0v) is 16.2. The van der Waals surface area contributed by atoms with E-state index < -0.39 is 17.3 Å². The molecule has 1 aliphatic carbocycles. The predicted molar refractivity (Wildman–Crippen MR) is 93.3 cm³/mol. The average molecular weight is 353 g/mol. The van der Waals surface area contributed by atoms with Crippen LogP contribution in [-0.4, -0.2) is 38.6 Å². The van der Waals surface area contributed by atoms with Crippen molar-refractivity contribution in [1.82, 2.24) is 15.5 Å². The molecule has 7 nitrogen and oxygen atoms in total. The van der Waals surface area contributed by atoms with Gasteiger partial charge in [0.2, 0.25) is 5.89 Å². The highest BCUT2D eigenvalue weighted by Crippen LogP contribution is 2.32. The van der Waals surface area contributed by atoms with Crippen LogP contribution < -0.4 is 5.32 Å². The van der Waals surface area contributed by atoms with Gasteiger partial charge in [0, 0.05) is 11.5 Å². The molecule has 0 saturated heterocycles. The van der Waals surface area contributed by atoms with Gasteiger partial charge in [-0.15, -0.1) is 0 Å². The van der Waals surface area contributed by atoms with Gasteiger partial charge in [-0.1, -0.05) is 25.9 Å². The lowest BCUT2D eigenvalue weighted by atomic mass is 9.79. The Balaban J connectivity index is 1.96. The zero-order valence-electron chi connectivity index (χ0n) is 16.2. The van der Waals surface area contributed by atoms with Crippen molar-refractivity contribution in [2.75, 3.05) is 0 Å². The molecule has 0 aliphatic heterocycles. The van der Waals surface area contributed by atoms with Crippen LogP contribution in [0, 0.1) is 0 Å². The number of aromatic nitrogens is 2. The second-order valence-corrected chi connectivity index (χ2v) is 9.10. The van der Waals surface area contributed by atoms with Gasteiger partial charge in [-0.3, -0.25) is 0 Å². The average Bonchev–Trinajstić information content (AvgIpc) is 2.83. The summed E-state index contributed by atoms with van der Waals surface area (Å²) < 4.78 is 10.6. The van der Waals surface area contributed by atoms with Crippen molar-refractivity contribution in [3.8, 4) is 0 Å². The van der Waals surface area contributed by atoms with Crippen LogP contribution >= 0.6 is 0 Å². The summed E-state index contributed by atoms with van der Waals surface area (Å²) in [6.07, 6.45) is 2.57. The number of amides is 1. The number of alkyl carbamates (subject to hydrolysis) is 1. The second-order valence-electron chi connectivity index (χ2n) is 9.10. The summed E-state index contributed by atoms with van der Waals surface area (Å²) in [4.78, 5) is 16.4. The molecule has 2 atom stereocenters. The Bertz CT molecular complexity index is 600. The molecule has 1 aromatic rings. The third-order valence-electron chi connectivity index (χ3n) is 4.16. The summed E-state index contributed by atoms with van der Waals surface area (Å²) in [6.45, 7) is 11.5. The van der Waals surface area contributed by atoms with Gasteiger partial charge >= 0.3 is 6.09 Å². The summed E-state index contributed by atoms with van der Waals surface area (Å²) in [7, 11) is 0. The Morgan fingerprint density at radius 3 is 2.60 bits per heavy atom. The zero-order chi connectivity index (χ0) is 18.9. The molecule has 7 heteroatoms. The van der Waals surface area contributed by atoms with E-state index in [1.165, 1.54) is 0 Å². The second kappa shape index (κ2) is 6.94. The Morgan fingerprint density at radius 2 is 2.04 bits per heavy atom. The molecule has 2 rings (SSSR count). The van der Waals surface area contributed by atoms with Crippen molar-refractivity contribution in [2.45, 2.75) is 96.3 Å². The number of carbonyl (C=O) groups is 1. The fraction of sp³-hybridized carbons (Fsp3) is 0.833. The first-order valence-corrected chi connectivity index (χ1v) is 8.91. The summed E-state index contributed by atoms with van der Waals surface area (Å²) >= 11 is 0. The molecule has 0 spiro atoms. The van der Waals surface area contributed by atoms with Crippen LogP contribution in [0.4, 0.5) is 4.79 Å². The SMILES string of the molecule is CC(C)(C)OC(=O)N[C@H]1CCC[C@](O)(Cc2nc(C(C)(C)C)no2)C1. The Labute approximate surface area is 149 Å². The molecule has 1 heterocycles. The van der Waals surface area contributed by atoms with Crippen molar-refractivity contribution in [3.05, 3.63) is 11.7 Å². The fourth-order valence-corrected chi connectivity index (χ4v) is 3.01. The van der Waals surface area contributed by atoms with Gasteiger partial charge in [-0.2, -0.15) is 4.98 Å². The maximum Gasteiger partial charge on any atom is 0.407 e. The van der Waals surface area contributed by atoms with E-state index in [9.17, 15) is 9.90 Å². The van der Waals surface area contributed by atoms with Crippen LogP contribution in [0.15, 0.2) is 4.52 Å². The highest BCUT2D eigenvalue weighted by atomic mass is 16.6. The summed E-state index contributed by atoms with van der Waals surface area (Å²) in [5.41, 5.74) is -1.69. The van der Waals surface area contributed by atoms with Crippen LogP contribution in [-0.2, 0) is 16.6 Å². The molecule has 1 aliphatic rings. The quantitative estimate of drug-likeness (QED) is 0.866. The van der Waals surface area contributed by atoms with Crippen LogP contribution in [0.3, 0.4) is 0 Å². The Morgan fingerprint density at radius 1 is 1.36 bits per heavy atom. The minimum Gasteiger partial charge on any atom is -0.444 e. The number of carbonyl (C=O) groups excluding carboxylic acids is 1. The first-order valence-electron chi connectivity index (χ1n) is 8.91. The minimum atomic E-state index is -0.959. The normalized spacial score (nSPS) is 24.8. The van der Waals surface area contributed by atoms with Crippen molar-refractivity contribution >= 4 is 6.09 Å². The van der Waals surface area contributed by atoms with Crippen molar-refractivity contribution in [2.24, 2.45) is 0 Å². The smallest absolute Gasteiger partial charge is 0.407 e. The van der Waals surface area contributed by atoms with E-state index in [0.29, 0.717) is 31.0 Å². The van der Waals surface area contributed by atoms with Crippen molar-refractivity contribution in [1.29, 1.82) is 0 Å². The van der Waals surface area contributed by atoms with Gasteiger partial charge in [-0.25, -0.2) is 4.79 Å². The van der Waals surface area contributed by atoms with Crippen LogP contribution in [0.1, 0.15) is 78.9 Å². The molecule has 1 amide bonds. The Hall–Kier alpha value is -1.63. The van der Waals surface area contributed by atoms with E-state index in [-0.39, 0.29) is 11.5 Å². The largest absolute Gasteiger partial charge is 0.444 e. The van der Waals surface area contributed by atoms with E-state index in [1.807, 2.05) is 41.5 Å².